The minimum Gasteiger partial charge on any atom is -0.325 e. The van der Waals surface area contributed by atoms with Crippen molar-refractivity contribution in [3.63, 3.8) is 0 Å². The highest BCUT2D eigenvalue weighted by Crippen LogP contribution is 2.27. The number of thioether (sulfide) groups is 2. The largest absolute Gasteiger partial charge is 0.325 e. The number of anilines is 1. The average Bonchev–Trinajstić information content (AvgIpc) is 2.90. The summed E-state index contributed by atoms with van der Waals surface area (Å²) in [6.07, 6.45) is 1.96. The lowest BCUT2D eigenvalue weighted by atomic mass is 10.1. The van der Waals surface area contributed by atoms with E-state index in [0.29, 0.717) is 5.75 Å². The normalized spacial score (nSPS) is 10.6. The second kappa shape index (κ2) is 7.10. The van der Waals surface area contributed by atoms with Crippen molar-refractivity contribution in [3.05, 3.63) is 29.3 Å². The fourth-order valence-corrected chi connectivity index (χ4v) is 3.78. The van der Waals surface area contributed by atoms with Crippen molar-refractivity contribution in [1.82, 2.24) is 10.2 Å². The number of aryl methyl sites for hydroxylation is 1. The van der Waals surface area contributed by atoms with Gasteiger partial charge in [-0.2, -0.15) is 0 Å². The monoisotopic (exact) mass is 325 g/mol. The van der Waals surface area contributed by atoms with E-state index in [4.69, 9.17) is 0 Å². The Kier molecular flexibility index (Phi) is 5.45. The Balaban J connectivity index is 1.91. The quantitative estimate of drug-likeness (QED) is 0.851. The van der Waals surface area contributed by atoms with Crippen LogP contribution in [0.3, 0.4) is 0 Å². The van der Waals surface area contributed by atoms with Gasteiger partial charge in [0.15, 0.2) is 8.68 Å². The maximum absolute atomic E-state index is 11.9. The second-order valence-electron chi connectivity index (χ2n) is 4.12. The number of carbonyl (C=O) groups is 1. The van der Waals surface area contributed by atoms with Crippen LogP contribution in [0, 0.1) is 13.8 Å². The zero-order valence-corrected chi connectivity index (χ0v) is 13.9. The maximum atomic E-state index is 11.9. The van der Waals surface area contributed by atoms with E-state index in [0.717, 1.165) is 19.9 Å². The number of hydrogen-bond acceptors (Lipinski definition) is 6. The molecule has 0 fully saturated rings. The SMILES string of the molecule is CSc1nnc(SCC(=O)Nc2cccc(C)c2C)s1. The molecule has 106 valence electrons. The molecule has 0 atom stereocenters. The third-order valence-corrected chi connectivity index (χ3v) is 5.80. The molecule has 0 aliphatic rings. The van der Waals surface area contributed by atoms with Crippen molar-refractivity contribution in [1.29, 1.82) is 0 Å². The number of nitrogens with zero attached hydrogens (tertiary/aromatic N) is 2. The standard InChI is InChI=1S/C13H15N3OS3/c1-8-5-4-6-10(9(8)2)14-11(17)7-19-13-16-15-12(18-3)20-13/h4-6H,7H2,1-3H3,(H,14,17). The van der Waals surface area contributed by atoms with Crippen LogP contribution in [0.15, 0.2) is 26.9 Å². The number of rotatable bonds is 5. The zero-order valence-electron chi connectivity index (χ0n) is 11.5. The highest BCUT2D eigenvalue weighted by molar-refractivity contribution is 8.03. The van der Waals surface area contributed by atoms with Crippen molar-refractivity contribution in [3.8, 4) is 0 Å². The molecule has 2 aromatic rings. The number of nitrogens with one attached hydrogen (secondary N) is 1. The van der Waals surface area contributed by atoms with Gasteiger partial charge in [0.05, 0.1) is 5.75 Å². The van der Waals surface area contributed by atoms with Crippen LogP contribution in [-0.4, -0.2) is 28.1 Å². The Morgan fingerprint density at radius 3 is 2.75 bits per heavy atom. The summed E-state index contributed by atoms with van der Waals surface area (Å²) in [5.41, 5.74) is 3.15. The van der Waals surface area contributed by atoms with E-state index in [1.165, 1.54) is 28.7 Å². The lowest BCUT2D eigenvalue weighted by Gasteiger charge is -2.09. The molecule has 1 aromatic carbocycles. The second-order valence-corrected chi connectivity index (χ2v) is 7.38. The van der Waals surface area contributed by atoms with E-state index < -0.39 is 0 Å². The topological polar surface area (TPSA) is 54.9 Å². The lowest BCUT2D eigenvalue weighted by Crippen LogP contribution is -2.15. The van der Waals surface area contributed by atoms with Gasteiger partial charge in [-0.25, -0.2) is 0 Å². The van der Waals surface area contributed by atoms with Crippen molar-refractivity contribution >= 4 is 46.5 Å². The van der Waals surface area contributed by atoms with Gasteiger partial charge in [0.2, 0.25) is 5.91 Å². The molecule has 0 unspecified atom stereocenters. The van der Waals surface area contributed by atoms with Crippen molar-refractivity contribution in [2.75, 3.05) is 17.3 Å². The van der Waals surface area contributed by atoms with Gasteiger partial charge in [-0.3, -0.25) is 4.79 Å². The molecule has 1 aromatic heterocycles. The number of aromatic nitrogens is 2. The molecule has 0 radical (unpaired) electrons. The number of hydrogen-bond donors (Lipinski definition) is 1. The molecule has 1 heterocycles. The smallest absolute Gasteiger partial charge is 0.234 e. The van der Waals surface area contributed by atoms with E-state index in [-0.39, 0.29) is 5.91 Å². The zero-order chi connectivity index (χ0) is 14.5. The minimum absolute atomic E-state index is 0.0235. The highest BCUT2D eigenvalue weighted by atomic mass is 32.2. The van der Waals surface area contributed by atoms with Gasteiger partial charge in [0, 0.05) is 5.69 Å². The molecule has 0 spiro atoms. The minimum atomic E-state index is -0.0235. The summed E-state index contributed by atoms with van der Waals surface area (Å²) in [4.78, 5) is 11.9. The van der Waals surface area contributed by atoms with Gasteiger partial charge in [-0.15, -0.1) is 10.2 Å². The molecule has 0 bridgehead atoms. The predicted octanol–water partition coefficient (Wildman–Crippen LogP) is 3.61. The first kappa shape index (κ1) is 15.3. The summed E-state index contributed by atoms with van der Waals surface area (Å²) in [5, 5.41) is 11.0. The van der Waals surface area contributed by atoms with Gasteiger partial charge in [0.1, 0.15) is 0 Å². The molecule has 0 aliphatic heterocycles. The van der Waals surface area contributed by atoms with E-state index in [2.05, 4.69) is 15.5 Å². The van der Waals surface area contributed by atoms with Gasteiger partial charge in [-0.1, -0.05) is 47.0 Å². The maximum Gasteiger partial charge on any atom is 0.234 e. The van der Waals surface area contributed by atoms with E-state index in [9.17, 15) is 4.79 Å². The molecular weight excluding hydrogens is 310 g/mol. The van der Waals surface area contributed by atoms with Crippen LogP contribution >= 0.6 is 34.9 Å². The van der Waals surface area contributed by atoms with Crippen LogP contribution in [0.1, 0.15) is 11.1 Å². The Morgan fingerprint density at radius 1 is 1.30 bits per heavy atom. The third kappa shape index (κ3) is 3.97. The molecule has 7 heteroatoms. The number of carbonyl (C=O) groups excluding carboxylic acids is 1. The van der Waals surface area contributed by atoms with Crippen molar-refractivity contribution < 1.29 is 4.79 Å². The van der Waals surface area contributed by atoms with E-state index in [1.54, 1.807) is 11.8 Å². The highest BCUT2D eigenvalue weighted by Gasteiger charge is 2.09. The van der Waals surface area contributed by atoms with Crippen LogP contribution in [-0.2, 0) is 4.79 Å². The summed E-state index contributed by atoms with van der Waals surface area (Å²) >= 11 is 4.49. The third-order valence-electron chi connectivity index (χ3n) is 2.77. The number of benzene rings is 1. The molecule has 0 aliphatic carbocycles. The van der Waals surface area contributed by atoms with Gasteiger partial charge >= 0.3 is 0 Å². The summed E-state index contributed by atoms with van der Waals surface area (Å²) in [6, 6.07) is 5.90. The first-order valence-electron chi connectivity index (χ1n) is 5.96. The number of amides is 1. The molecule has 4 nitrogen and oxygen atoms in total. The molecule has 0 saturated heterocycles. The predicted molar refractivity (Wildman–Crippen MR) is 87.0 cm³/mol. The lowest BCUT2D eigenvalue weighted by molar-refractivity contribution is -0.113. The molecule has 20 heavy (non-hydrogen) atoms. The fraction of sp³-hybridized carbons (Fsp3) is 0.308. The Morgan fingerprint density at radius 2 is 2.05 bits per heavy atom. The van der Waals surface area contributed by atoms with Gasteiger partial charge in [-0.05, 0) is 37.3 Å². The van der Waals surface area contributed by atoms with Crippen molar-refractivity contribution in [2.24, 2.45) is 0 Å². The van der Waals surface area contributed by atoms with Crippen LogP contribution in [0.2, 0.25) is 0 Å². The van der Waals surface area contributed by atoms with Crippen LogP contribution < -0.4 is 5.32 Å². The summed E-state index contributed by atoms with van der Waals surface area (Å²) in [5.74, 6) is 0.320. The first-order valence-corrected chi connectivity index (χ1v) is 8.99. The summed E-state index contributed by atoms with van der Waals surface area (Å²) in [7, 11) is 0. The van der Waals surface area contributed by atoms with Gasteiger partial charge in [0.25, 0.3) is 0 Å². The molecule has 1 N–H and O–H groups in total. The first-order chi connectivity index (χ1) is 9.60. The van der Waals surface area contributed by atoms with Crippen molar-refractivity contribution in [2.45, 2.75) is 22.5 Å². The molecule has 0 saturated carbocycles. The molecule has 1 amide bonds. The van der Waals surface area contributed by atoms with Crippen LogP contribution in [0.25, 0.3) is 0 Å². The molecular formula is C13H15N3OS3. The average molecular weight is 325 g/mol. The van der Waals surface area contributed by atoms with E-state index in [1.807, 2.05) is 38.3 Å². The Bertz CT molecular complexity index is 613. The summed E-state index contributed by atoms with van der Waals surface area (Å²) < 4.78 is 1.74. The molecule has 2 rings (SSSR count). The summed E-state index contributed by atoms with van der Waals surface area (Å²) in [6.45, 7) is 4.04. The van der Waals surface area contributed by atoms with Crippen LogP contribution in [0.4, 0.5) is 5.69 Å². The Labute approximate surface area is 130 Å². The van der Waals surface area contributed by atoms with E-state index >= 15 is 0 Å². The Hall–Kier alpha value is -1.05. The fourth-order valence-electron chi connectivity index (χ4n) is 1.54. The van der Waals surface area contributed by atoms with Gasteiger partial charge < -0.3 is 5.32 Å². The van der Waals surface area contributed by atoms with Crippen LogP contribution in [0.5, 0.6) is 0 Å².